The van der Waals surface area contributed by atoms with Gasteiger partial charge in [-0.05, 0) is 6.92 Å². The fourth-order valence-electron chi connectivity index (χ4n) is 4.92. The van der Waals surface area contributed by atoms with E-state index in [0.29, 0.717) is 6.04 Å². The zero-order valence-electron chi connectivity index (χ0n) is 19.7. The minimum Gasteiger partial charge on any atom is -0.195 e. The lowest BCUT2D eigenvalue weighted by Crippen LogP contribution is -2.74. The largest absolute Gasteiger partial charge is 0.195 e. The summed E-state index contributed by atoms with van der Waals surface area (Å²) in [4.78, 5) is 0. The first kappa shape index (κ1) is 22.6. The molecule has 4 aromatic rings. The average molecular weight is 433 g/mol. The second-order valence-corrected chi connectivity index (χ2v) is 8.72. The molecule has 1 heterocycles. The molecule has 0 spiro atoms. The second-order valence-electron chi connectivity index (χ2n) is 8.72. The Morgan fingerprint density at radius 1 is 0.606 bits per heavy atom. The number of nitrogens with zero attached hydrogens (tertiary/aromatic N) is 2. The Morgan fingerprint density at radius 2 is 0.909 bits per heavy atom. The van der Waals surface area contributed by atoms with Crippen molar-refractivity contribution in [1.29, 1.82) is 0 Å². The van der Waals surface area contributed by atoms with Gasteiger partial charge in [-0.3, -0.25) is 0 Å². The maximum Gasteiger partial charge on any atom is 0.190 e. The van der Waals surface area contributed by atoms with Gasteiger partial charge in [-0.2, -0.15) is 26.9 Å². The van der Waals surface area contributed by atoms with Crippen molar-refractivity contribution < 1.29 is 4.68 Å². The van der Waals surface area contributed by atoms with Crippen molar-refractivity contribution in [2.24, 2.45) is 0 Å². The molecule has 0 aromatic heterocycles. The molecule has 0 radical (unpaired) electrons. The normalized spacial score (nSPS) is 15.7. The summed E-state index contributed by atoms with van der Waals surface area (Å²) < 4.78 is 1.95. The summed E-state index contributed by atoms with van der Waals surface area (Å²) in [5, 5.41) is 2.04. The third kappa shape index (κ3) is 4.76. The van der Waals surface area contributed by atoms with Crippen LogP contribution in [0.1, 0.15) is 6.92 Å². The maximum atomic E-state index is 3.08. The van der Waals surface area contributed by atoms with E-state index >= 15 is 0 Å². The Hall–Kier alpha value is -3.63. The minimum absolute atomic E-state index is 0.514. The molecule has 0 bridgehead atoms. The number of hydrogen-bond donors (Lipinski definition) is 1. The first-order valence-electron chi connectivity index (χ1n) is 11.6. The molecular weight excluding hydrogens is 401 g/mol. The molecule has 1 aliphatic heterocycles. The van der Waals surface area contributed by atoms with Crippen molar-refractivity contribution in [2.75, 3.05) is 14.1 Å². The Labute approximate surface area is 197 Å². The second kappa shape index (κ2) is 10.3. The van der Waals surface area contributed by atoms with Gasteiger partial charge in [0.1, 0.15) is 12.2 Å². The highest BCUT2D eigenvalue weighted by Crippen LogP contribution is 2.09. The molecule has 0 fully saturated rings. The fraction of sp³-hybridized carbons (Fsp3) is 0.138. The summed E-state index contributed by atoms with van der Waals surface area (Å²) in [6.45, 7) is 2.14. The van der Waals surface area contributed by atoms with E-state index in [0.717, 1.165) is 0 Å². The Kier molecular flexibility index (Phi) is 7.06. The van der Waals surface area contributed by atoms with Crippen LogP contribution in [0.4, 0.5) is 0 Å². The van der Waals surface area contributed by atoms with Crippen molar-refractivity contribution in [3.05, 3.63) is 121 Å². The summed E-state index contributed by atoms with van der Waals surface area (Å²) in [5.41, 5.74) is 8.43. The molecule has 4 heteroatoms. The number of hydrazone groups is 1. The zero-order valence-corrected chi connectivity index (χ0v) is 19.7. The summed E-state index contributed by atoms with van der Waals surface area (Å²) in [6.07, 6.45) is 0.896. The summed E-state index contributed by atoms with van der Waals surface area (Å²) in [7, 11) is 4.00. The van der Waals surface area contributed by atoms with Gasteiger partial charge >= 0.3 is 0 Å². The van der Waals surface area contributed by atoms with Crippen molar-refractivity contribution in [1.82, 2.24) is 10.5 Å². The van der Waals surface area contributed by atoms with Crippen LogP contribution in [-0.4, -0.2) is 42.2 Å². The lowest BCUT2D eigenvalue weighted by atomic mass is 9.13. The summed E-state index contributed by atoms with van der Waals surface area (Å²) in [5.74, 6) is 0. The van der Waals surface area contributed by atoms with Crippen LogP contribution < -0.4 is 27.4 Å². The number of benzene rings is 4. The number of nitrogens with one attached hydrogen (secondary N) is 1. The van der Waals surface area contributed by atoms with Crippen LogP contribution in [0.2, 0.25) is 0 Å². The highest BCUT2D eigenvalue weighted by atomic mass is 15.7. The number of hydrogen-bond acceptors (Lipinski definition) is 2. The number of hydrazine groups is 2. The van der Waals surface area contributed by atoms with E-state index in [-0.39, 0.29) is 0 Å². The first-order valence-corrected chi connectivity index (χ1v) is 11.6. The molecule has 1 aliphatic rings. The lowest BCUT2D eigenvalue weighted by Gasteiger charge is -2.44. The van der Waals surface area contributed by atoms with Crippen molar-refractivity contribution >= 4 is 34.2 Å². The molecule has 0 aliphatic carbocycles. The predicted octanol–water partition coefficient (Wildman–Crippen LogP) is 2.52. The van der Waals surface area contributed by atoms with Gasteiger partial charge < -0.3 is 0 Å². The Bertz CT molecular complexity index is 999. The smallest absolute Gasteiger partial charge is 0.190 e. The van der Waals surface area contributed by atoms with Crippen LogP contribution in [0.3, 0.4) is 0 Å². The molecule has 0 saturated heterocycles. The topological polar surface area (TPSA) is 18.3 Å². The monoisotopic (exact) mass is 433 g/mol. The summed E-state index contributed by atoms with van der Waals surface area (Å²) >= 11 is 0. The molecule has 0 amide bonds. The first-order chi connectivity index (χ1) is 16.1. The third-order valence-electron chi connectivity index (χ3n) is 6.56. The van der Waals surface area contributed by atoms with Gasteiger partial charge in [-0.25, -0.2) is 0 Å². The van der Waals surface area contributed by atoms with Crippen LogP contribution in [-0.2, 0) is 0 Å². The lowest BCUT2D eigenvalue weighted by molar-refractivity contribution is -0.572. The van der Waals surface area contributed by atoms with E-state index in [1.807, 2.05) is 23.8 Å². The predicted molar refractivity (Wildman–Crippen MR) is 143 cm³/mol. The van der Waals surface area contributed by atoms with Gasteiger partial charge in [0.25, 0.3) is 0 Å². The van der Waals surface area contributed by atoms with Gasteiger partial charge in [-0.15, -0.1) is 10.2 Å². The van der Waals surface area contributed by atoms with Gasteiger partial charge in [0.05, 0.1) is 0 Å². The van der Waals surface area contributed by atoms with Crippen molar-refractivity contribution in [3.63, 3.8) is 0 Å². The van der Waals surface area contributed by atoms with E-state index in [9.17, 15) is 0 Å². The quantitative estimate of drug-likeness (QED) is 0.394. The zero-order chi connectivity index (χ0) is 23.1. The van der Waals surface area contributed by atoms with Crippen LogP contribution in [0.15, 0.2) is 121 Å². The van der Waals surface area contributed by atoms with E-state index < -0.39 is 6.15 Å². The van der Waals surface area contributed by atoms with Crippen LogP contribution in [0, 0.1) is 0 Å². The van der Waals surface area contributed by atoms with Crippen molar-refractivity contribution in [3.8, 4) is 0 Å². The summed E-state index contributed by atoms with van der Waals surface area (Å²) in [6, 6.07) is 44.0. The van der Waals surface area contributed by atoms with E-state index in [1.54, 1.807) is 0 Å². The fourth-order valence-corrected chi connectivity index (χ4v) is 4.92. The number of rotatable bonds is 4. The Balaban J connectivity index is 0.000000275. The van der Waals surface area contributed by atoms with E-state index in [1.165, 1.54) is 21.9 Å². The van der Waals surface area contributed by atoms with E-state index in [4.69, 9.17) is 0 Å². The van der Waals surface area contributed by atoms with Crippen LogP contribution in [0.25, 0.3) is 0 Å². The van der Waals surface area contributed by atoms with E-state index in [2.05, 4.69) is 140 Å². The molecule has 1 N–H and O–H groups in total. The molecule has 33 heavy (non-hydrogen) atoms. The minimum atomic E-state index is -1.22. The maximum absolute atomic E-state index is 3.08. The molecule has 166 valence electrons. The molecule has 4 aromatic carbocycles. The van der Waals surface area contributed by atoms with Gasteiger partial charge in [0, 0.05) is 7.05 Å². The molecule has 1 atom stereocenters. The van der Waals surface area contributed by atoms with Gasteiger partial charge in [0.2, 0.25) is 0 Å². The van der Waals surface area contributed by atoms with Gasteiger partial charge in [-0.1, -0.05) is 121 Å². The highest BCUT2D eigenvalue weighted by molar-refractivity contribution is 7.19. The molecule has 5 rings (SSSR count). The van der Waals surface area contributed by atoms with Gasteiger partial charge in [0.15, 0.2) is 13.3 Å². The Morgan fingerprint density at radius 3 is 1.09 bits per heavy atom. The van der Waals surface area contributed by atoms with Crippen LogP contribution in [0.5, 0.6) is 0 Å². The SMILES string of the molecule is CC1C=[N+](C)NN1C.c1ccc([B-](c2ccccc2)(c2ccccc2)c2ccccc2)cc1. The highest BCUT2D eigenvalue weighted by Gasteiger charge is 2.31. The van der Waals surface area contributed by atoms with Crippen molar-refractivity contribution in [2.45, 2.75) is 13.0 Å². The average Bonchev–Trinajstić information content (AvgIpc) is 3.17. The molecular formula is C29H32BN3. The molecule has 1 unspecified atom stereocenters. The molecule has 3 nitrogen and oxygen atoms in total. The van der Waals surface area contributed by atoms with Crippen LogP contribution >= 0.6 is 0 Å². The third-order valence-corrected chi connectivity index (χ3v) is 6.56. The molecule has 0 saturated carbocycles. The standard InChI is InChI=1S/C24H20B.C5H12N3/c1-5-13-21(14-6-1)25(22-15-7-2-8-16-22,23-17-9-3-10-18-23)24-19-11-4-12-20-24;1-5-4-7(2)6-8(5)3/h1-20H;4-6H,1-3H3/q-1;+1.